The molecule has 1 aromatic heterocycles. The molecule has 0 saturated carbocycles. The standard InChI is InChI=1S/C19H30N2.C6H14/c1-2-3-4-5-6-7-8-9-10-13-16-21-17-20-18-14-11-12-15-19(18)21;1-3-5-6-4-2/h11-12,14-15,17H,2-10,13,16H2,1H3;3-6H2,1-2H3. The van der Waals surface area contributed by atoms with Crippen LogP contribution in [0.2, 0.25) is 0 Å². The van der Waals surface area contributed by atoms with Gasteiger partial charge in [0.05, 0.1) is 17.4 Å². The van der Waals surface area contributed by atoms with E-state index in [1.54, 1.807) is 0 Å². The number of hydrogen-bond acceptors (Lipinski definition) is 1. The van der Waals surface area contributed by atoms with Gasteiger partial charge in [0, 0.05) is 6.54 Å². The Morgan fingerprint density at radius 3 is 1.70 bits per heavy atom. The lowest BCUT2D eigenvalue weighted by Gasteiger charge is -2.05. The van der Waals surface area contributed by atoms with Crippen LogP contribution in [-0.2, 0) is 6.54 Å². The number of aryl methyl sites for hydroxylation is 1. The molecule has 0 fully saturated rings. The van der Waals surface area contributed by atoms with Crippen LogP contribution in [0.3, 0.4) is 0 Å². The smallest absolute Gasteiger partial charge is 0.0958 e. The Hall–Kier alpha value is -1.31. The lowest BCUT2D eigenvalue weighted by atomic mass is 10.1. The molecule has 1 aromatic carbocycles. The zero-order chi connectivity index (χ0) is 19.6. The molecular weight excluding hydrogens is 328 g/mol. The third kappa shape index (κ3) is 11.2. The number of rotatable bonds is 14. The number of unbranched alkanes of at least 4 members (excludes halogenated alkanes) is 12. The summed E-state index contributed by atoms with van der Waals surface area (Å²) in [5, 5.41) is 0. The lowest BCUT2D eigenvalue weighted by molar-refractivity contribution is 0.538. The molecule has 0 unspecified atom stereocenters. The minimum Gasteiger partial charge on any atom is -0.331 e. The minimum absolute atomic E-state index is 1.11. The van der Waals surface area contributed by atoms with Crippen molar-refractivity contribution in [3.05, 3.63) is 30.6 Å². The first kappa shape index (κ1) is 23.7. The summed E-state index contributed by atoms with van der Waals surface area (Å²) in [5.41, 5.74) is 2.39. The normalized spacial score (nSPS) is 10.8. The van der Waals surface area contributed by atoms with Crippen LogP contribution in [0.15, 0.2) is 30.6 Å². The Morgan fingerprint density at radius 2 is 1.11 bits per heavy atom. The van der Waals surface area contributed by atoms with Gasteiger partial charge in [-0.3, -0.25) is 0 Å². The van der Waals surface area contributed by atoms with Crippen LogP contribution >= 0.6 is 0 Å². The van der Waals surface area contributed by atoms with Gasteiger partial charge in [0.2, 0.25) is 0 Å². The van der Waals surface area contributed by atoms with Crippen molar-refractivity contribution in [2.24, 2.45) is 0 Å². The Balaban J connectivity index is 0.000000527. The van der Waals surface area contributed by atoms with E-state index in [1.807, 2.05) is 6.33 Å². The second-order valence-corrected chi connectivity index (χ2v) is 7.82. The number of imidazole rings is 1. The molecule has 2 heteroatoms. The molecule has 0 amide bonds. The quantitative estimate of drug-likeness (QED) is 0.304. The van der Waals surface area contributed by atoms with E-state index in [9.17, 15) is 0 Å². The highest BCUT2D eigenvalue weighted by atomic mass is 15.0. The number of hydrogen-bond donors (Lipinski definition) is 0. The summed E-state index contributed by atoms with van der Waals surface area (Å²) in [6.45, 7) is 7.85. The highest BCUT2D eigenvalue weighted by Gasteiger charge is 2.00. The van der Waals surface area contributed by atoms with E-state index < -0.39 is 0 Å². The second kappa shape index (κ2) is 16.8. The Morgan fingerprint density at radius 1 is 0.630 bits per heavy atom. The van der Waals surface area contributed by atoms with E-state index in [2.05, 4.69) is 54.6 Å². The maximum Gasteiger partial charge on any atom is 0.0958 e. The number of fused-ring (bicyclic) bond motifs is 1. The van der Waals surface area contributed by atoms with Crippen LogP contribution in [-0.4, -0.2) is 9.55 Å². The number of benzene rings is 1. The average Bonchev–Trinajstić information content (AvgIpc) is 3.11. The molecule has 0 N–H and O–H groups in total. The van der Waals surface area contributed by atoms with Gasteiger partial charge in [-0.05, 0) is 18.6 Å². The largest absolute Gasteiger partial charge is 0.331 e. The fourth-order valence-electron chi connectivity index (χ4n) is 3.46. The molecule has 0 bridgehead atoms. The van der Waals surface area contributed by atoms with Crippen LogP contribution in [0.1, 0.15) is 111 Å². The van der Waals surface area contributed by atoms with Crippen molar-refractivity contribution in [1.29, 1.82) is 0 Å². The Labute approximate surface area is 168 Å². The van der Waals surface area contributed by atoms with E-state index >= 15 is 0 Å². The van der Waals surface area contributed by atoms with Crippen molar-refractivity contribution in [1.82, 2.24) is 9.55 Å². The van der Waals surface area contributed by atoms with E-state index in [4.69, 9.17) is 0 Å². The monoisotopic (exact) mass is 372 g/mol. The number of nitrogens with zero attached hydrogens (tertiary/aromatic N) is 2. The van der Waals surface area contributed by atoms with Gasteiger partial charge in [-0.25, -0.2) is 4.98 Å². The molecule has 0 aliphatic heterocycles. The predicted molar refractivity (Wildman–Crippen MR) is 121 cm³/mol. The molecule has 2 aromatic rings. The summed E-state index contributed by atoms with van der Waals surface area (Å²) in [6, 6.07) is 8.41. The lowest BCUT2D eigenvalue weighted by Crippen LogP contribution is -1.95. The zero-order valence-corrected chi connectivity index (χ0v) is 18.4. The van der Waals surface area contributed by atoms with Crippen LogP contribution in [0.5, 0.6) is 0 Å². The molecule has 0 atom stereocenters. The van der Waals surface area contributed by atoms with Crippen molar-refractivity contribution in [3.8, 4) is 0 Å². The van der Waals surface area contributed by atoms with Gasteiger partial charge in [-0.2, -0.15) is 0 Å². The molecule has 0 radical (unpaired) electrons. The first-order chi connectivity index (χ1) is 13.3. The van der Waals surface area contributed by atoms with E-state index in [1.165, 1.54) is 95.4 Å². The van der Waals surface area contributed by atoms with Gasteiger partial charge in [-0.15, -0.1) is 0 Å². The number of aromatic nitrogens is 2. The summed E-state index contributed by atoms with van der Waals surface area (Å²) in [4.78, 5) is 4.45. The summed E-state index contributed by atoms with van der Waals surface area (Å²) in [5.74, 6) is 0. The molecule has 0 aliphatic carbocycles. The molecule has 2 nitrogen and oxygen atoms in total. The molecule has 0 saturated heterocycles. The van der Waals surface area contributed by atoms with Crippen LogP contribution in [0, 0.1) is 0 Å². The molecule has 1 heterocycles. The van der Waals surface area contributed by atoms with Crippen molar-refractivity contribution in [3.63, 3.8) is 0 Å². The van der Waals surface area contributed by atoms with Crippen LogP contribution < -0.4 is 0 Å². The van der Waals surface area contributed by atoms with Gasteiger partial charge in [0.25, 0.3) is 0 Å². The fraction of sp³-hybridized carbons (Fsp3) is 0.720. The van der Waals surface area contributed by atoms with Gasteiger partial charge in [0.1, 0.15) is 0 Å². The topological polar surface area (TPSA) is 17.8 Å². The van der Waals surface area contributed by atoms with E-state index in [0.717, 1.165) is 12.1 Å². The molecule has 0 spiro atoms. The molecule has 27 heavy (non-hydrogen) atoms. The molecular formula is C25H44N2. The SMILES string of the molecule is CCCCCC.CCCCCCCCCCCCn1cnc2ccccc21. The Bertz CT molecular complexity index is 554. The van der Waals surface area contributed by atoms with Gasteiger partial charge in [0.15, 0.2) is 0 Å². The third-order valence-corrected chi connectivity index (χ3v) is 5.24. The first-order valence-corrected chi connectivity index (χ1v) is 11.7. The van der Waals surface area contributed by atoms with Gasteiger partial charge < -0.3 is 4.57 Å². The summed E-state index contributed by atoms with van der Waals surface area (Å²) < 4.78 is 2.29. The summed E-state index contributed by atoms with van der Waals surface area (Å²) in [6.07, 6.45) is 21.5. The van der Waals surface area contributed by atoms with Gasteiger partial charge in [-0.1, -0.05) is 116 Å². The van der Waals surface area contributed by atoms with Crippen molar-refractivity contribution in [2.75, 3.05) is 0 Å². The molecule has 2 rings (SSSR count). The number of para-hydroxylation sites is 2. The molecule has 154 valence electrons. The average molecular weight is 373 g/mol. The highest BCUT2D eigenvalue weighted by Crippen LogP contribution is 2.14. The predicted octanol–water partition coefficient (Wildman–Crippen LogP) is 8.54. The van der Waals surface area contributed by atoms with Crippen LogP contribution in [0.25, 0.3) is 11.0 Å². The second-order valence-electron chi connectivity index (χ2n) is 7.82. The minimum atomic E-state index is 1.11. The maximum absolute atomic E-state index is 4.45. The van der Waals surface area contributed by atoms with E-state index in [0.29, 0.717) is 0 Å². The van der Waals surface area contributed by atoms with Crippen molar-refractivity contribution in [2.45, 2.75) is 117 Å². The third-order valence-electron chi connectivity index (χ3n) is 5.24. The van der Waals surface area contributed by atoms with Crippen molar-refractivity contribution < 1.29 is 0 Å². The molecule has 0 aliphatic rings. The summed E-state index contributed by atoms with van der Waals surface area (Å²) in [7, 11) is 0. The fourth-order valence-corrected chi connectivity index (χ4v) is 3.46. The van der Waals surface area contributed by atoms with Crippen LogP contribution in [0.4, 0.5) is 0 Å². The maximum atomic E-state index is 4.45. The van der Waals surface area contributed by atoms with Gasteiger partial charge >= 0.3 is 0 Å². The van der Waals surface area contributed by atoms with Crippen molar-refractivity contribution >= 4 is 11.0 Å². The first-order valence-electron chi connectivity index (χ1n) is 11.7. The highest BCUT2D eigenvalue weighted by molar-refractivity contribution is 5.74. The van der Waals surface area contributed by atoms with E-state index in [-0.39, 0.29) is 0 Å². The Kier molecular flexibility index (Phi) is 14.8. The zero-order valence-electron chi connectivity index (χ0n) is 18.4. The summed E-state index contributed by atoms with van der Waals surface area (Å²) >= 11 is 0.